The molecule has 0 saturated heterocycles. The Morgan fingerprint density at radius 3 is 2.82 bits per heavy atom. The standard InChI is InChI=1S/C12H15F2NO2/c1-2-5-17-8-12(16)15-7-9-3-4-10(13)6-11(9)14/h3-4,6H,2,5,7-8H2,1H3,(H,15,16). The first kappa shape index (κ1) is 13.6. The fraction of sp³-hybridized carbons (Fsp3) is 0.417. The Labute approximate surface area is 98.8 Å². The largest absolute Gasteiger partial charge is 0.372 e. The maximum atomic E-state index is 13.2. The topological polar surface area (TPSA) is 38.3 Å². The van der Waals surface area contributed by atoms with Crippen LogP contribution >= 0.6 is 0 Å². The minimum absolute atomic E-state index is 0.0282. The smallest absolute Gasteiger partial charge is 0.246 e. The van der Waals surface area contributed by atoms with Gasteiger partial charge in [0, 0.05) is 24.8 Å². The third-order valence-corrected chi connectivity index (χ3v) is 2.07. The summed E-state index contributed by atoms with van der Waals surface area (Å²) in [6.45, 7) is 2.43. The van der Waals surface area contributed by atoms with Crippen LogP contribution in [0.2, 0.25) is 0 Å². The van der Waals surface area contributed by atoms with Gasteiger partial charge in [-0.2, -0.15) is 0 Å². The van der Waals surface area contributed by atoms with Gasteiger partial charge in [-0.25, -0.2) is 8.78 Å². The molecule has 1 rings (SSSR count). The summed E-state index contributed by atoms with van der Waals surface area (Å²) >= 11 is 0. The van der Waals surface area contributed by atoms with Crippen LogP contribution in [0, 0.1) is 11.6 Å². The zero-order valence-corrected chi connectivity index (χ0v) is 9.63. The normalized spacial score (nSPS) is 10.3. The van der Waals surface area contributed by atoms with Crippen molar-refractivity contribution in [2.24, 2.45) is 0 Å². The molecule has 1 aromatic carbocycles. The molecule has 5 heteroatoms. The molecule has 0 aliphatic rings. The van der Waals surface area contributed by atoms with Gasteiger partial charge in [-0.1, -0.05) is 13.0 Å². The molecule has 0 unspecified atom stereocenters. The Kier molecular flexibility index (Phi) is 5.56. The second kappa shape index (κ2) is 6.96. The van der Waals surface area contributed by atoms with E-state index in [1.807, 2.05) is 6.92 Å². The number of benzene rings is 1. The number of nitrogens with one attached hydrogen (secondary N) is 1. The zero-order chi connectivity index (χ0) is 12.7. The molecule has 0 atom stereocenters. The fourth-order valence-electron chi connectivity index (χ4n) is 1.22. The Hall–Kier alpha value is -1.49. The van der Waals surface area contributed by atoms with E-state index < -0.39 is 11.6 Å². The number of rotatable bonds is 6. The third-order valence-electron chi connectivity index (χ3n) is 2.07. The Morgan fingerprint density at radius 1 is 1.41 bits per heavy atom. The van der Waals surface area contributed by atoms with Gasteiger partial charge in [0.15, 0.2) is 0 Å². The van der Waals surface area contributed by atoms with Gasteiger partial charge >= 0.3 is 0 Å². The van der Waals surface area contributed by atoms with Gasteiger partial charge in [0.25, 0.3) is 0 Å². The van der Waals surface area contributed by atoms with Crippen LogP contribution in [0.15, 0.2) is 18.2 Å². The highest BCUT2D eigenvalue weighted by Crippen LogP contribution is 2.08. The van der Waals surface area contributed by atoms with Gasteiger partial charge in [0.05, 0.1) is 0 Å². The summed E-state index contributed by atoms with van der Waals surface area (Å²) < 4.78 is 30.8. The lowest BCUT2D eigenvalue weighted by Crippen LogP contribution is -2.27. The van der Waals surface area contributed by atoms with Gasteiger partial charge < -0.3 is 10.1 Å². The molecule has 0 fully saturated rings. The van der Waals surface area contributed by atoms with Crippen molar-refractivity contribution < 1.29 is 18.3 Å². The monoisotopic (exact) mass is 243 g/mol. The predicted molar refractivity (Wildman–Crippen MR) is 59.3 cm³/mol. The number of carbonyl (C=O) groups is 1. The molecule has 0 radical (unpaired) electrons. The summed E-state index contributed by atoms with van der Waals surface area (Å²) in [6, 6.07) is 3.24. The van der Waals surface area contributed by atoms with Crippen LogP contribution in [-0.4, -0.2) is 19.1 Å². The second-order valence-electron chi connectivity index (χ2n) is 3.57. The summed E-state index contributed by atoms with van der Waals surface area (Å²) in [5.41, 5.74) is 0.246. The molecular weight excluding hydrogens is 228 g/mol. The van der Waals surface area contributed by atoms with E-state index in [-0.39, 0.29) is 24.6 Å². The average Bonchev–Trinajstić information content (AvgIpc) is 2.28. The Morgan fingerprint density at radius 2 is 2.18 bits per heavy atom. The summed E-state index contributed by atoms with van der Waals surface area (Å²) in [5.74, 6) is -1.62. The van der Waals surface area contributed by atoms with Crippen LogP contribution in [0.4, 0.5) is 8.78 Å². The average molecular weight is 243 g/mol. The van der Waals surface area contributed by atoms with Gasteiger partial charge in [-0.05, 0) is 12.5 Å². The first-order valence-electron chi connectivity index (χ1n) is 5.42. The van der Waals surface area contributed by atoms with Gasteiger partial charge in [0.1, 0.15) is 18.2 Å². The van der Waals surface area contributed by atoms with Crippen LogP contribution < -0.4 is 5.32 Å². The van der Waals surface area contributed by atoms with Crippen molar-refractivity contribution in [1.82, 2.24) is 5.32 Å². The highest BCUT2D eigenvalue weighted by molar-refractivity contribution is 5.77. The van der Waals surface area contributed by atoms with E-state index in [2.05, 4.69) is 5.32 Å². The molecule has 17 heavy (non-hydrogen) atoms. The van der Waals surface area contributed by atoms with E-state index in [0.29, 0.717) is 6.61 Å². The zero-order valence-electron chi connectivity index (χ0n) is 9.63. The number of carbonyl (C=O) groups excluding carboxylic acids is 1. The fourth-order valence-corrected chi connectivity index (χ4v) is 1.22. The van der Waals surface area contributed by atoms with Crippen LogP contribution in [-0.2, 0) is 16.1 Å². The molecule has 1 N–H and O–H groups in total. The maximum absolute atomic E-state index is 13.2. The van der Waals surface area contributed by atoms with Crippen molar-refractivity contribution in [1.29, 1.82) is 0 Å². The Balaban J connectivity index is 2.37. The van der Waals surface area contributed by atoms with Crippen molar-refractivity contribution in [3.8, 4) is 0 Å². The molecule has 0 aliphatic heterocycles. The van der Waals surface area contributed by atoms with E-state index in [1.54, 1.807) is 0 Å². The van der Waals surface area contributed by atoms with Gasteiger partial charge in [-0.3, -0.25) is 4.79 Å². The quantitative estimate of drug-likeness (QED) is 0.776. The molecule has 94 valence electrons. The van der Waals surface area contributed by atoms with Crippen LogP contribution in [0.3, 0.4) is 0 Å². The maximum Gasteiger partial charge on any atom is 0.246 e. The second-order valence-corrected chi connectivity index (χ2v) is 3.57. The van der Waals surface area contributed by atoms with Gasteiger partial charge in [0.2, 0.25) is 5.91 Å². The van der Waals surface area contributed by atoms with Crippen molar-refractivity contribution >= 4 is 5.91 Å². The lowest BCUT2D eigenvalue weighted by Gasteiger charge is -2.06. The highest BCUT2D eigenvalue weighted by Gasteiger charge is 2.06. The number of halogens is 2. The van der Waals surface area contributed by atoms with Gasteiger partial charge in [-0.15, -0.1) is 0 Å². The highest BCUT2D eigenvalue weighted by atomic mass is 19.1. The lowest BCUT2D eigenvalue weighted by molar-refractivity contribution is -0.125. The minimum Gasteiger partial charge on any atom is -0.372 e. The van der Waals surface area contributed by atoms with E-state index >= 15 is 0 Å². The molecule has 0 spiro atoms. The number of amides is 1. The molecule has 0 aliphatic carbocycles. The minimum atomic E-state index is -0.667. The first-order valence-corrected chi connectivity index (χ1v) is 5.42. The van der Waals surface area contributed by atoms with Crippen LogP contribution in [0.25, 0.3) is 0 Å². The molecule has 1 aromatic rings. The SMILES string of the molecule is CCCOCC(=O)NCc1ccc(F)cc1F. The summed E-state index contributed by atoms with van der Waals surface area (Å²) in [4.78, 5) is 11.2. The molecule has 0 aromatic heterocycles. The summed E-state index contributed by atoms with van der Waals surface area (Å²) in [7, 11) is 0. The predicted octanol–water partition coefficient (Wildman–Crippen LogP) is 2.01. The molecule has 0 bridgehead atoms. The molecular formula is C12H15F2NO2. The van der Waals surface area contributed by atoms with Crippen molar-refractivity contribution in [3.63, 3.8) is 0 Å². The number of hydrogen-bond acceptors (Lipinski definition) is 2. The molecule has 0 heterocycles. The van der Waals surface area contributed by atoms with E-state index in [9.17, 15) is 13.6 Å². The third kappa shape index (κ3) is 4.91. The van der Waals surface area contributed by atoms with E-state index in [1.165, 1.54) is 6.07 Å². The van der Waals surface area contributed by atoms with Crippen LogP contribution in [0.5, 0.6) is 0 Å². The number of ether oxygens (including phenoxy) is 1. The lowest BCUT2D eigenvalue weighted by atomic mass is 10.2. The first-order chi connectivity index (χ1) is 8.13. The van der Waals surface area contributed by atoms with Crippen LogP contribution in [0.1, 0.15) is 18.9 Å². The summed E-state index contributed by atoms with van der Waals surface area (Å²) in [5, 5.41) is 2.49. The van der Waals surface area contributed by atoms with E-state index in [0.717, 1.165) is 18.6 Å². The number of hydrogen-bond donors (Lipinski definition) is 1. The summed E-state index contributed by atoms with van der Waals surface area (Å²) in [6.07, 6.45) is 0.833. The Bertz CT molecular complexity index is 383. The molecule has 0 saturated carbocycles. The molecule has 3 nitrogen and oxygen atoms in total. The van der Waals surface area contributed by atoms with Crippen molar-refractivity contribution in [3.05, 3.63) is 35.4 Å². The molecule has 1 amide bonds. The van der Waals surface area contributed by atoms with E-state index in [4.69, 9.17) is 4.74 Å². The van der Waals surface area contributed by atoms with Crippen molar-refractivity contribution in [2.75, 3.05) is 13.2 Å². The van der Waals surface area contributed by atoms with Crippen molar-refractivity contribution in [2.45, 2.75) is 19.9 Å².